The summed E-state index contributed by atoms with van der Waals surface area (Å²) in [6.45, 7) is 3.40. The van der Waals surface area contributed by atoms with Crippen LogP contribution >= 0.6 is 0 Å². The van der Waals surface area contributed by atoms with Crippen LogP contribution in [0.4, 0.5) is 0 Å². The Labute approximate surface area is 107 Å². The van der Waals surface area contributed by atoms with Crippen molar-refractivity contribution in [1.82, 2.24) is 4.90 Å². The van der Waals surface area contributed by atoms with Crippen molar-refractivity contribution in [3.8, 4) is 0 Å². The molecule has 0 amide bonds. The van der Waals surface area contributed by atoms with Gasteiger partial charge in [-0.2, -0.15) is 0 Å². The molecule has 4 nitrogen and oxygen atoms in total. The van der Waals surface area contributed by atoms with E-state index in [4.69, 9.17) is 9.84 Å². The minimum atomic E-state index is -0.894. The van der Waals surface area contributed by atoms with E-state index in [0.717, 1.165) is 26.1 Å². The summed E-state index contributed by atoms with van der Waals surface area (Å²) in [5, 5.41) is 8.50. The smallest absolute Gasteiger partial charge is 0.329 e. The van der Waals surface area contributed by atoms with Gasteiger partial charge in [0, 0.05) is 13.1 Å². The van der Waals surface area contributed by atoms with Gasteiger partial charge in [-0.05, 0) is 24.4 Å². The molecule has 0 radical (unpaired) electrons. The zero-order chi connectivity index (χ0) is 12.8. The van der Waals surface area contributed by atoms with Crippen LogP contribution in [-0.2, 0) is 16.1 Å². The Kier molecular flexibility index (Phi) is 4.73. The molecule has 0 aromatic heterocycles. The van der Waals surface area contributed by atoms with Crippen LogP contribution in [0, 0.1) is 5.92 Å². The highest BCUT2D eigenvalue weighted by atomic mass is 16.5. The highest BCUT2D eigenvalue weighted by molar-refractivity contribution is 5.67. The summed E-state index contributed by atoms with van der Waals surface area (Å²) in [5.41, 5.74) is 1.32. The third-order valence-corrected chi connectivity index (χ3v) is 3.20. The van der Waals surface area contributed by atoms with Gasteiger partial charge in [0.1, 0.15) is 6.61 Å². The second kappa shape index (κ2) is 6.52. The predicted molar refractivity (Wildman–Crippen MR) is 68.3 cm³/mol. The lowest BCUT2D eigenvalue weighted by atomic mass is 10.1. The van der Waals surface area contributed by atoms with E-state index in [9.17, 15) is 4.79 Å². The second-order valence-electron chi connectivity index (χ2n) is 4.78. The van der Waals surface area contributed by atoms with E-state index >= 15 is 0 Å². The van der Waals surface area contributed by atoms with Crippen LogP contribution in [0.5, 0.6) is 0 Å². The van der Waals surface area contributed by atoms with Crippen molar-refractivity contribution in [2.24, 2.45) is 5.92 Å². The fraction of sp³-hybridized carbons (Fsp3) is 0.500. The van der Waals surface area contributed by atoms with E-state index in [0.29, 0.717) is 12.5 Å². The first kappa shape index (κ1) is 13.1. The van der Waals surface area contributed by atoms with Gasteiger partial charge in [-0.3, -0.25) is 4.90 Å². The normalized spacial score (nSPS) is 20.1. The molecule has 0 saturated carbocycles. The van der Waals surface area contributed by atoms with E-state index < -0.39 is 5.97 Å². The maximum Gasteiger partial charge on any atom is 0.329 e. The number of hydrogen-bond donors (Lipinski definition) is 1. The number of nitrogens with zero attached hydrogens (tertiary/aromatic N) is 1. The van der Waals surface area contributed by atoms with Gasteiger partial charge in [0.2, 0.25) is 0 Å². The summed E-state index contributed by atoms with van der Waals surface area (Å²) in [7, 11) is 0. The topological polar surface area (TPSA) is 49.8 Å². The van der Waals surface area contributed by atoms with E-state index in [-0.39, 0.29) is 6.61 Å². The SMILES string of the molecule is O=C(O)COC[C@H]1CCN(Cc2ccccc2)C1. The molecule has 98 valence electrons. The molecule has 1 atom stereocenters. The van der Waals surface area contributed by atoms with Gasteiger partial charge in [0.05, 0.1) is 6.61 Å². The maximum atomic E-state index is 10.3. The van der Waals surface area contributed by atoms with Gasteiger partial charge >= 0.3 is 5.97 Å². The number of aliphatic carboxylic acids is 1. The van der Waals surface area contributed by atoms with Gasteiger partial charge in [-0.1, -0.05) is 30.3 Å². The summed E-state index contributed by atoms with van der Waals surface area (Å²) in [4.78, 5) is 12.7. The number of rotatable bonds is 6. The Morgan fingerprint density at radius 1 is 1.39 bits per heavy atom. The number of hydrogen-bond acceptors (Lipinski definition) is 3. The zero-order valence-electron chi connectivity index (χ0n) is 10.4. The maximum absolute atomic E-state index is 10.3. The largest absolute Gasteiger partial charge is 0.480 e. The fourth-order valence-corrected chi connectivity index (χ4v) is 2.35. The first-order valence-corrected chi connectivity index (χ1v) is 6.30. The number of carboxylic acids is 1. The molecule has 4 heteroatoms. The standard InChI is InChI=1S/C14H19NO3/c16-14(17)11-18-10-13-6-7-15(9-13)8-12-4-2-1-3-5-12/h1-5,13H,6-11H2,(H,16,17)/t13-/m0/s1. The molecule has 0 unspecified atom stereocenters. The zero-order valence-corrected chi connectivity index (χ0v) is 10.4. The van der Waals surface area contributed by atoms with Crippen molar-refractivity contribution >= 4 is 5.97 Å². The minimum absolute atomic E-state index is 0.185. The Morgan fingerprint density at radius 2 is 2.17 bits per heavy atom. The molecule has 0 aliphatic carbocycles. The lowest BCUT2D eigenvalue weighted by Crippen LogP contribution is -2.22. The van der Waals surface area contributed by atoms with E-state index in [1.165, 1.54) is 5.56 Å². The van der Waals surface area contributed by atoms with Gasteiger partial charge in [-0.15, -0.1) is 0 Å². The molecule has 1 saturated heterocycles. The van der Waals surface area contributed by atoms with Gasteiger partial charge < -0.3 is 9.84 Å². The summed E-state index contributed by atoms with van der Waals surface area (Å²) in [5.74, 6) is -0.429. The number of carbonyl (C=O) groups is 1. The van der Waals surface area contributed by atoms with Gasteiger partial charge in [-0.25, -0.2) is 4.79 Å². The van der Waals surface area contributed by atoms with E-state index in [1.807, 2.05) is 6.07 Å². The average Bonchev–Trinajstić information content (AvgIpc) is 2.78. The summed E-state index contributed by atoms with van der Waals surface area (Å²) in [6.07, 6.45) is 1.09. The molecular weight excluding hydrogens is 230 g/mol. The van der Waals surface area contributed by atoms with Crippen LogP contribution in [0.1, 0.15) is 12.0 Å². The lowest BCUT2D eigenvalue weighted by molar-refractivity contribution is -0.142. The van der Waals surface area contributed by atoms with Gasteiger partial charge in [0.15, 0.2) is 0 Å². The molecule has 1 fully saturated rings. The van der Waals surface area contributed by atoms with Gasteiger partial charge in [0.25, 0.3) is 0 Å². The first-order valence-electron chi connectivity index (χ1n) is 6.30. The fourth-order valence-electron chi connectivity index (χ4n) is 2.35. The quantitative estimate of drug-likeness (QED) is 0.832. The first-order chi connectivity index (χ1) is 8.74. The summed E-state index contributed by atoms with van der Waals surface area (Å²) in [6, 6.07) is 10.4. The molecule has 1 heterocycles. The van der Waals surface area contributed by atoms with Crippen LogP contribution in [0.25, 0.3) is 0 Å². The molecule has 1 aliphatic rings. The Balaban J connectivity index is 1.70. The molecule has 1 aliphatic heterocycles. The molecular formula is C14H19NO3. The predicted octanol–water partition coefficient (Wildman–Crippen LogP) is 1.61. The van der Waals surface area contributed by atoms with Crippen molar-refractivity contribution in [3.05, 3.63) is 35.9 Å². The van der Waals surface area contributed by atoms with Crippen molar-refractivity contribution < 1.29 is 14.6 Å². The number of benzene rings is 1. The monoisotopic (exact) mass is 249 g/mol. The van der Waals surface area contributed by atoms with Crippen LogP contribution in [0.2, 0.25) is 0 Å². The summed E-state index contributed by atoms with van der Waals surface area (Å²) < 4.78 is 5.15. The van der Waals surface area contributed by atoms with Crippen molar-refractivity contribution in [3.63, 3.8) is 0 Å². The Hall–Kier alpha value is -1.39. The minimum Gasteiger partial charge on any atom is -0.480 e. The molecule has 18 heavy (non-hydrogen) atoms. The van der Waals surface area contributed by atoms with Crippen LogP contribution in [0.15, 0.2) is 30.3 Å². The molecule has 1 aromatic rings. The molecule has 0 spiro atoms. The van der Waals surface area contributed by atoms with Crippen molar-refractivity contribution in [2.75, 3.05) is 26.3 Å². The van der Waals surface area contributed by atoms with Crippen LogP contribution in [-0.4, -0.2) is 42.3 Å². The van der Waals surface area contributed by atoms with E-state index in [1.54, 1.807) is 0 Å². The second-order valence-corrected chi connectivity index (χ2v) is 4.78. The third kappa shape index (κ3) is 4.13. The molecule has 1 N–H and O–H groups in total. The number of ether oxygens (including phenoxy) is 1. The van der Waals surface area contributed by atoms with Crippen molar-refractivity contribution in [2.45, 2.75) is 13.0 Å². The Morgan fingerprint density at radius 3 is 2.89 bits per heavy atom. The highest BCUT2D eigenvalue weighted by Gasteiger charge is 2.22. The molecule has 1 aromatic carbocycles. The summed E-state index contributed by atoms with van der Waals surface area (Å²) >= 11 is 0. The molecule has 2 rings (SSSR count). The van der Waals surface area contributed by atoms with Crippen LogP contribution < -0.4 is 0 Å². The third-order valence-electron chi connectivity index (χ3n) is 3.20. The lowest BCUT2D eigenvalue weighted by Gasteiger charge is -2.15. The van der Waals surface area contributed by atoms with Crippen LogP contribution in [0.3, 0.4) is 0 Å². The van der Waals surface area contributed by atoms with Crippen molar-refractivity contribution in [1.29, 1.82) is 0 Å². The highest BCUT2D eigenvalue weighted by Crippen LogP contribution is 2.18. The average molecular weight is 249 g/mol. The number of carboxylic acid groups (broad SMARTS) is 1. The van der Waals surface area contributed by atoms with E-state index in [2.05, 4.69) is 29.2 Å². The number of likely N-dealkylation sites (tertiary alicyclic amines) is 1. The Bertz CT molecular complexity index is 380. The molecule has 0 bridgehead atoms.